The fourth-order valence-electron chi connectivity index (χ4n) is 6.99. The Balaban J connectivity index is 1.37. The number of nitriles is 2. The quantitative estimate of drug-likeness (QED) is 0.172. The number of benzene rings is 3. The highest BCUT2D eigenvalue weighted by Crippen LogP contribution is 2.27. The average molecular weight is 659 g/mol. The maximum atomic E-state index is 14.2. The summed E-state index contributed by atoms with van der Waals surface area (Å²) in [5.74, 6) is 0.212. The number of esters is 1. The number of ether oxygens (including phenoxy) is 1. The number of nitrogens with zero attached hydrogens (tertiary/aromatic N) is 6. The second kappa shape index (κ2) is 16.8. The molecule has 3 aromatic carbocycles. The topological polar surface area (TPSA) is 104 Å². The molecule has 2 saturated heterocycles. The Hall–Kier alpha value is -5.12. The number of piperidine rings is 1. The van der Waals surface area contributed by atoms with E-state index in [-0.39, 0.29) is 30.3 Å². The van der Waals surface area contributed by atoms with Crippen LogP contribution in [0.1, 0.15) is 59.1 Å². The fourth-order valence-corrected chi connectivity index (χ4v) is 6.99. The van der Waals surface area contributed by atoms with E-state index < -0.39 is 0 Å². The molecule has 0 N–H and O–H groups in total. The third kappa shape index (κ3) is 9.49. The number of rotatable bonds is 12. The normalized spacial score (nSPS) is 14.7. The molecular formula is C40H46N6O3. The summed E-state index contributed by atoms with van der Waals surface area (Å²) in [6, 6.07) is 26.5. The highest BCUT2D eigenvalue weighted by Gasteiger charge is 2.30. The number of carbonyl (C=O) groups is 2. The summed E-state index contributed by atoms with van der Waals surface area (Å²) in [7, 11) is 1.38. The number of likely N-dealkylation sites (tertiary alicyclic amines) is 1. The minimum Gasteiger partial charge on any atom is -0.469 e. The lowest BCUT2D eigenvalue weighted by molar-refractivity contribution is -0.139. The van der Waals surface area contributed by atoms with Crippen molar-refractivity contribution in [2.75, 3.05) is 44.7 Å². The van der Waals surface area contributed by atoms with Crippen molar-refractivity contribution in [3.63, 3.8) is 0 Å². The van der Waals surface area contributed by atoms with Crippen LogP contribution in [-0.2, 0) is 40.4 Å². The van der Waals surface area contributed by atoms with Crippen LogP contribution < -0.4 is 4.90 Å². The molecule has 9 nitrogen and oxygen atoms in total. The van der Waals surface area contributed by atoms with Crippen LogP contribution in [0.3, 0.4) is 0 Å². The predicted molar refractivity (Wildman–Crippen MR) is 190 cm³/mol. The standard InChI is InChI=1S/C40H46N6O3/c1-30-19-31(2)21-35(20-30)28-45-18-17-44(40(45)36(25-41)26-42)16-13-38(47)46(29-33-10-7-9-32(22-33)24-39(48)49-3)37-12-8-11-34(23-37)27-43-14-5-4-6-15-43/h7-12,19-23H,4-6,13-18,24,27-29H2,1-3H3. The lowest BCUT2D eigenvalue weighted by atomic mass is 10.1. The lowest BCUT2D eigenvalue weighted by Crippen LogP contribution is -2.34. The van der Waals surface area contributed by atoms with Gasteiger partial charge in [0, 0.05) is 44.8 Å². The number of methoxy groups -OCH3 is 1. The fraction of sp³-hybridized carbons (Fsp3) is 0.400. The predicted octanol–water partition coefficient (Wildman–Crippen LogP) is 6.00. The Morgan fingerprint density at radius 1 is 0.776 bits per heavy atom. The van der Waals surface area contributed by atoms with Crippen molar-refractivity contribution in [1.82, 2.24) is 14.7 Å². The van der Waals surface area contributed by atoms with Gasteiger partial charge in [0.05, 0.1) is 20.1 Å². The molecule has 5 rings (SSSR count). The van der Waals surface area contributed by atoms with Crippen molar-refractivity contribution in [2.45, 2.75) is 65.6 Å². The van der Waals surface area contributed by atoms with Gasteiger partial charge >= 0.3 is 5.97 Å². The zero-order valence-corrected chi connectivity index (χ0v) is 29.0. The van der Waals surface area contributed by atoms with Gasteiger partial charge in [0.15, 0.2) is 5.57 Å². The molecule has 0 unspecified atom stereocenters. The molecule has 0 bridgehead atoms. The Kier molecular flexibility index (Phi) is 12.1. The van der Waals surface area contributed by atoms with E-state index in [0.29, 0.717) is 38.5 Å². The molecule has 0 spiro atoms. The molecule has 1 amide bonds. The first-order valence-electron chi connectivity index (χ1n) is 17.1. The Morgan fingerprint density at radius 2 is 1.45 bits per heavy atom. The van der Waals surface area contributed by atoms with Crippen molar-refractivity contribution < 1.29 is 14.3 Å². The van der Waals surface area contributed by atoms with Crippen LogP contribution in [0.15, 0.2) is 78.1 Å². The summed E-state index contributed by atoms with van der Waals surface area (Å²) in [6.45, 7) is 9.69. The van der Waals surface area contributed by atoms with Crippen molar-refractivity contribution in [3.05, 3.63) is 112 Å². The molecule has 2 fully saturated rings. The first kappa shape index (κ1) is 35.2. The van der Waals surface area contributed by atoms with Crippen LogP contribution in [0.25, 0.3) is 0 Å². The maximum Gasteiger partial charge on any atom is 0.309 e. The van der Waals surface area contributed by atoms with Crippen LogP contribution >= 0.6 is 0 Å². The molecule has 0 atom stereocenters. The van der Waals surface area contributed by atoms with Gasteiger partial charge in [-0.25, -0.2) is 0 Å². The number of anilines is 1. The molecule has 2 aliphatic rings. The Bertz CT molecular complexity index is 1730. The zero-order valence-electron chi connectivity index (χ0n) is 29.0. The molecule has 0 saturated carbocycles. The highest BCUT2D eigenvalue weighted by atomic mass is 16.5. The molecule has 2 heterocycles. The minimum atomic E-state index is -0.314. The van der Waals surface area contributed by atoms with Crippen LogP contribution in [0.5, 0.6) is 0 Å². The van der Waals surface area contributed by atoms with Gasteiger partial charge in [-0.05, 0) is 74.2 Å². The molecule has 9 heteroatoms. The lowest BCUT2D eigenvalue weighted by Gasteiger charge is -2.29. The van der Waals surface area contributed by atoms with Gasteiger partial charge in [0.2, 0.25) is 5.91 Å². The Labute approximate surface area is 290 Å². The van der Waals surface area contributed by atoms with E-state index in [4.69, 9.17) is 4.74 Å². The summed E-state index contributed by atoms with van der Waals surface area (Å²) in [6.07, 6.45) is 4.05. The summed E-state index contributed by atoms with van der Waals surface area (Å²) in [5, 5.41) is 19.8. The first-order valence-corrected chi connectivity index (χ1v) is 17.1. The third-order valence-corrected chi connectivity index (χ3v) is 9.22. The summed E-state index contributed by atoms with van der Waals surface area (Å²) in [5.41, 5.74) is 7.23. The number of aryl methyl sites for hydroxylation is 2. The molecule has 254 valence electrons. The van der Waals surface area contributed by atoms with Gasteiger partial charge in [0.1, 0.15) is 18.0 Å². The van der Waals surface area contributed by atoms with Crippen LogP contribution in [0.2, 0.25) is 0 Å². The summed E-state index contributed by atoms with van der Waals surface area (Å²) < 4.78 is 4.87. The number of hydrogen-bond acceptors (Lipinski definition) is 8. The molecule has 2 aliphatic heterocycles. The van der Waals surface area contributed by atoms with Gasteiger partial charge in [-0.15, -0.1) is 0 Å². The van der Waals surface area contributed by atoms with Crippen LogP contribution in [0.4, 0.5) is 5.69 Å². The number of hydrogen-bond donors (Lipinski definition) is 0. The highest BCUT2D eigenvalue weighted by molar-refractivity contribution is 5.93. The van der Waals surface area contributed by atoms with Crippen molar-refractivity contribution in [3.8, 4) is 12.1 Å². The van der Waals surface area contributed by atoms with E-state index in [0.717, 1.165) is 47.6 Å². The van der Waals surface area contributed by atoms with Crippen LogP contribution in [-0.4, -0.2) is 66.4 Å². The smallest absolute Gasteiger partial charge is 0.309 e. The maximum absolute atomic E-state index is 14.2. The van der Waals surface area contributed by atoms with Gasteiger partial charge in [-0.3, -0.25) is 14.5 Å². The van der Waals surface area contributed by atoms with Crippen molar-refractivity contribution in [1.29, 1.82) is 10.5 Å². The van der Waals surface area contributed by atoms with Gasteiger partial charge in [-0.2, -0.15) is 10.5 Å². The van der Waals surface area contributed by atoms with E-state index in [1.165, 1.54) is 37.5 Å². The van der Waals surface area contributed by atoms with Crippen molar-refractivity contribution >= 4 is 17.6 Å². The second-order valence-corrected chi connectivity index (χ2v) is 13.1. The second-order valence-electron chi connectivity index (χ2n) is 13.1. The van der Waals surface area contributed by atoms with Gasteiger partial charge in [-0.1, -0.05) is 72.1 Å². The molecule has 0 aliphatic carbocycles. The monoisotopic (exact) mass is 658 g/mol. The molecule has 49 heavy (non-hydrogen) atoms. The van der Waals surface area contributed by atoms with Gasteiger partial charge < -0.3 is 19.4 Å². The van der Waals surface area contributed by atoms with E-state index in [1.807, 2.05) is 46.2 Å². The zero-order chi connectivity index (χ0) is 34.8. The molecule has 3 aromatic rings. The summed E-state index contributed by atoms with van der Waals surface area (Å²) >= 11 is 0. The summed E-state index contributed by atoms with van der Waals surface area (Å²) in [4.78, 5) is 34.6. The molecule has 0 radical (unpaired) electrons. The largest absolute Gasteiger partial charge is 0.469 e. The van der Waals surface area contributed by atoms with Crippen LogP contribution in [0, 0.1) is 36.5 Å². The van der Waals surface area contributed by atoms with E-state index in [2.05, 4.69) is 66.1 Å². The molecule has 0 aromatic heterocycles. The third-order valence-electron chi connectivity index (χ3n) is 9.22. The van der Waals surface area contributed by atoms with Gasteiger partial charge in [0.25, 0.3) is 0 Å². The van der Waals surface area contributed by atoms with E-state index >= 15 is 0 Å². The number of allylic oxidation sites excluding steroid dienone is 1. The first-order chi connectivity index (χ1) is 23.8. The molecular weight excluding hydrogens is 612 g/mol. The Morgan fingerprint density at radius 3 is 2.16 bits per heavy atom. The number of amides is 1. The van der Waals surface area contributed by atoms with Crippen molar-refractivity contribution in [2.24, 2.45) is 0 Å². The SMILES string of the molecule is COC(=O)Cc1cccc(CN(C(=O)CCN2CCN(Cc3cc(C)cc(C)c3)C2=C(C#N)C#N)c2cccc(CN3CCCCC3)c2)c1. The number of carbonyl (C=O) groups excluding carboxylic acids is 2. The van der Waals surface area contributed by atoms with E-state index in [1.54, 1.807) is 0 Å². The average Bonchev–Trinajstić information content (AvgIpc) is 3.48. The van der Waals surface area contributed by atoms with E-state index in [9.17, 15) is 20.1 Å². The minimum absolute atomic E-state index is 0.0546.